The number of nitrogens with one attached hydrogen (secondary N) is 2. The van der Waals surface area contributed by atoms with Crippen molar-refractivity contribution in [2.75, 3.05) is 7.05 Å². The van der Waals surface area contributed by atoms with E-state index in [1.165, 1.54) is 4.88 Å². The predicted molar refractivity (Wildman–Crippen MR) is 92.0 cm³/mol. The highest BCUT2D eigenvalue weighted by Gasteiger charge is 2.06. The highest BCUT2D eigenvalue weighted by molar-refractivity contribution is 9.10. The van der Waals surface area contributed by atoms with Gasteiger partial charge < -0.3 is 10.6 Å². The van der Waals surface area contributed by atoms with Crippen LogP contribution >= 0.6 is 27.3 Å². The van der Waals surface area contributed by atoms with Crippen molar-refractivity contribution in [3.05, 3.63) is 51.0 Å². The summed E-state index contributed by atoms with van der Waals surface area (Å²) in [5.74, 6) is 1.58. The lowest BCUT2D eigenvalue weighted by molar-refractivity contribution is 0.765. The average molecular weight is 379 g/mol. The van der Waals surface area contributed by atoms with Gasteiger partial charge in [0.05, 0.1) is 13.1 Å². The van der Waals surface area contributed by atoms with Crippen molar-refractivity contribution < 1.29 is 0 Å². The summed E-state index contributed by atoms with van der Waals surface area (Å²) in [5.41, 5.74) is 0.839. The number of hydrogen-bond acceptors (Lipinski definition) is 4. The van der Waals surface area contributed by atoms with Crippen molar-refractivity contribution in [1.29, 1.82) is 0 Å². The van der Waals surface area contributed by atoms with Gasteiger partial charge in [0.25, 0.3) is 0 Å². The molecule has 0 saturated heterocycles. The van der Waals surface area contributed by atoms with E-state index >= 15 is 0 Å². The first-order chi connectivity index (χ1) is 10.8. The van der Waals surface area contributed by atoms with Crippen LogP contribution in [0.15, 0.2) is 45.3 Å². The van der Waals surface area contributed by atoms with Gasteiger partial charge in [-0.3, -0.25) is 9.39 Å². The Balaban J connectivity index is 1.59. The molecule has 0 aliphatic rings. The van der Waals surface area contributed by atoms with Crippen LogP contribution in [0.3, 0.4) is 0 Å². The van der Waals surface area contributed by atoms with Gasteiger partial charge in [0.2, 0.25) is 0 Å². The van der Waals surface area contributed by atoms with Crippen molar-refractivity contribution in [1.82, 2.24) is 25.2 Å². The molecule has 0 aliphatic carbocycles. The van der Waals surface area contributed by atoms with Gasteiger partial charge >= 0.3 is 0 Å². The van der Waals surface area contributed by atoms with Crippen LogP contribution in [-0.4, -0.2) is 27.6 Å². The predicted octanol–water partition coefficient (Wildman–Crippen LogP) is 2.42. The summed E-state index contributed by atoms with van der Waals surface area (Å²) in [4.78, 5) is 5.46. The molecule has 0 aliphatic heterocycles. The van der Waals surface area contributed by atoms with E-state index in [4.69, 9.17) is 0 Å². The maximum atomic E-state index is 4.22. The number of aliphatic imine (C=N–C) groups is 1. The highest BCUT2D eigenvalue weighted by Crippen LogP contribution is 2.19. The maximum Gasteiger partial charge on any atom is 0.191 e. The van der Waals surface area contributed by atoms with Gasteiger partial charge in [-0.1, -0.05) is 6.07 Å². The normalized spacial score (nSPS) is 11.8. The third-order valence-electron chi connectivity index (χ3n) is 3.07. The number of hydrogen-bond donors (Lipinski definition) is 2. The monoisotopic (exact) mass is 378 g/mol. The van der Waals surface area contributed by atoms with Crippen LogP contribution in [0.4, 0.5) is 0 Å². The van der Waals surface area contributed by atoms with Crippen molar-refractivity contribution in [3.63, 3.8) is 0 Å². The molecule has 2 N–H and O–H groups in total. The minimum atomic E-state index is 0.555. The molecule has 3 heterocycles. The summed E-state index contributed by atoms with van der Waals surface area (Å²) in [5, 5.41) is 16.9. The zero-order valence-electron chi connectivity index (χ0n) is 12.0. The molecule has 0 aromatic carbocycles. The van der Waals surface area contributed by atoms with Crippen LogP contribution < -0.4 is 10.6 Å². The van der Waals surface area contributed by atoms with E-state index in [0.717, 1.165) is 28.4 Å². The summed E-state index contributed by atoms with van der Waals surface area (Å²) >= 11 is 5.16. The largest absolute Gasteiger partial charge is 0.352 e. The van der Waals surface area contributed by atoms with Crippen LogP contribution in [0.2, 0.25) is 0 Å². The van der Waals surface area contributed by atoms with Gasteiger partial charge in [-0.2, -0.15) is 0 Å². The summed E-state index contributed by atoms with van der Waals surface area (Å²) < 4.78 is 3.06. The lowest BCUT2D eigenvalue weighted by Crippen LogP contribution is -2.36. The maximum absolute atomic E-state index is 4.22. The molecule has 0 amide bonds. The molecule has 114 valence electrons. The smallest absolute Gasteiger partial charge is 0.191 e. The van der Waals surface area contributed by atoms with E-state index < -0.39 is 0 Å². The number of aromatic nitrogens is 3. The first kappa shape index (κ1) is 15.0. The van der Waals surface area contributed by atoms with E-state index in [1.807, 2.05) is 28.8 Å². The molecule has 6 nitrogen and oxygen atoms in total. The van der Waals surface area contributed by atoms with Gasteiger partial charge in [-0.25, -0.2) is 0 Å². The molecule has 0 spiro atoms. The van der Waals surface area contributed by atoms with Crippen molar-refractivity contribution in [3.8, 4) is 0 Å². The SMILES string of the molecule is CN=C(NCc1cc(Br)cs1)NCc1nnc2ccccn12. The lowest BCUT2D eigenvalue weighted by Gasteiger charge is -2.10. The molecule has 0 saturated carbocycles. The Labute approximate surface area is 140 Å². The molecule has 3 aromatic rings. The summed E-state index contributed by atoms with van der Waals surface area (Å²) in [6, 6.07) is 7.93. The zero-order valence-corrected chi connectivity index (χ0v) is 14.4. The van der Waals surface area contributed by atoms with E-state index in [1.54, 1.807) is 18.4 Å². The fourth-order valence-electron chi connectivity index (χ4n) is 2.01. The van der Waals surface area contributed by atoms with Gasteiger partial charge in [-0.15, -0.1) is 21.5 Å². The molecule has 0 bridgehead atoms. The number of guanidine groups is 1. The standard InChI is InChI=1S/C14H15BrN6S/c1-16-14(17-7-11-6-10(15)9-22-11)18-8-13-20-19-12-4-2-3-5-21(12)13/h2-6,9H,7-8H2,1H3,(H2,16,17,18). The quantitative estimate of drug-likeness (QED) is 0.540. The van der Waals surface area contributed by atoms with Crippen LogP contribution in [-0.2, 0) is 13.1 Å². The first-order valence-electron chi connectivity index (χ1n) is 6.72. The third-order valence-corrected chi connectivity index (χ3v) is 4.77. The number of fused-ring (bicyclic) bond motifs is 1. The van der Waals surface area contributed by atoms with Crippen LogP contribution in [0.5, 0.6) is 0 Å². The third kappa shape index (κ3) is 3.45. The van der Waals surface area contributed by atoms with Gasteiger partial charge in [0, 0.05) is 28.0 Å². The summed E-state index contributed by atoms with van der Waals surface area (Å²) in [6.45, 7) is 1.29. The number of halogens is 1. The molecule has 3 aromatic heterocycles. The van der Waals surface area contributed by atoms with Crippen LogP contribution in [0.1, 0.15) is 10.7 Å². The highest BCUT2D eigenvalue weighted by atomic mass is 79.9. The van der Waals surface area contributed by atoms with E-state index in [-0.39, 0.29) is 0 Å². The Hall–Kier alpha value is -1.93. The zero-order chi connectivity index (χ0) is 15.4. The Morgan fingerprint density at radius 1 is 1.32 bits per heavy atom. The molecule has 22 heavy (non-hydrogen) atoms. The molecule has 0 atom stereocenters. The average Bonchev–Trinajstić information content (AvgIpc) is 3.14. The molecule has 8 heteroatoms. The Morgan fingerprint density at radius 3 is 2.95 bits per heavy atom. The van der Waals surface area contributed by atoms with Crippen molar-refractivity contribution in [2.45, 2.75) is 13.1 Å². The molecule has 0 fully saturated rings. The second-order valence-corrected chi connectivity index (χ2v) is 6.47. The number of rotatable bonds is 4. The fraction of sp³-hybridized carbons (Fsp3) is 0.214. The molecular formula is C14H15BrN6S. The van der Waals surface area contributed by atoms with Gasteiger partial charge in [-0.05, 0) is 34.1 Å². The van der Waals surface area contributed by atoms with E-state index in [0.29, 0.717) is 6.54 Å². The second-order valence-electron chi connectivity index (χ2n) is 4.56. The summed E-state index contributed by atoms with van der Waals surface area (Å²) in [7, 11) is 1.75. The second kappa shape index (κ2) is 6.89. The van der Waals surface area contributed by atoms with Crippen LogP contribution in [0.25, 0.3) is 5.65 Å². The molecule has 0 unspecified atom stereocenters. The minimum Gasteiger partial charge on any atom is -0.352 e. The van der Waals surface area contributed by atoms with Gasteiger partial charge in [0.15, 0.2) is 17.4 Å². The minimum absolute atomic E-state index is 0.555. The number of pyridine rings is 1. The lowest BCUT2D eigenvalue weighted by atomic mass is 10.4. The van der Waals surface area contributed by atoms with Gasteiger partial charge in [0.1, 0.15) is 0 Å². The van der Waals surface area contributed by atoms with Crippen LogP contribution in [0, 0.1) is 0 Å². The Kier molecular flexibility index (Phi) is 4.69. The van der Waals surface area contributed by atoms with E-state index in [9.17, 15) is 0 Å². The Morgan fingerprint density at radius 2 is 2.18 bits per heavy atom. The van der Waals surface area contributed by atoms with Crippen molar-refractivity contribution in [2.24, 2.45) is 4.99 Å². The fourth-order valence-corrected chi connectivity index (χ4v) is 3.40. The van der Waals surface area contributed by atoms with Crippen molar-refractivity contribution >= 4 is 38.9 Å². The number of thiophene rings is 1. The number of nitrogens with zero attached hydrogens (tertiary/aromatic N) is 4. The molecule has 3 rings (SSSR count). The summed E-state index contributed by atoms with van der Waals surface area (Å²) in [6.07, 6.45) is 1.95. The molecule has 0 radical (unpaired) electrons. The Bertz CT molecular complexity index is 793. The first-order valence-corrected chi connectivity index (χ1v) is 8.39. The topological polar surface area (TPSA) is 66.6 Å². The van der Waals surface area contributed by atoms with E-state index in [2.05, 4.69) is 53.2 Å². The molecular weight excluding hydrogens is 364 g/mol.